The molecule has 1 saturated heterocycles. The third kappa shape index (κ3) is 3.47. The number of aryl methyl sites for hydroxylation is 2. The molecule has 1 aliphatic heterocycles. The summed E-state index contributed by atoms with van der Waals surface area (Å²) >= 11 is 0. The fourth-order valence-corrected chi connectivity index (χ4v) is 4.49. The average Bonchev–Trinajstić information content (AvgIpc) is 3.06. The zero-order valence-electron chi connectivity index (χ0n) is 17.7. The summed E-state index contributed by atoms with van der Waals surface area (Å²) in [7, 11) is 0. The second-order valence-electron chi connectivity index (χ2n) is 8.09. The van der Waals surface area contributed by atoms with Crippen LogP contribution < -0.4 is 0 Å². The Morgan fingerprint density at radius 3 is 2.17 bits per heavy atom. The fraction of sp³-hybridized carbons (Fsp3) is 0.308. The summed E-state index contributed by atoms with van der Waals surface area (Å²) in [5.74, 6) is 0. The predicted molar refractivity (Wildman–Crippen MR) is 125 cm³/mol. The van der Waals surface area contributed by atoms with E-state index in [1.807, 2.05) is 0 Å². The maximum absolute atomic E-state index is 5.47. The molecule has 1 aliphatic carbocycles. The third-order valence-electron chi connectivity index (χ3n) is 6.09. The van der Waals surface area contributed by atoms with E-state index in [2.05, 4.69) is 73.3 Å². The first-order valence-electron chi connectivity index (χ1n) is 10.7. The molecule has 5 rings (SSSR count). The lowest BCUT2D eigenvalue weighted by Crippen LogP contribution is -2.37. The quantitative estimate of drug-likeness (QED) is 0.639. The van der Waals surface area contributed by atoms with Crippen molar-refractivity contribution in [2.75, 3.05) is 39.4 Å². The van der Waals surface area contributed by atoms with Gasteiger partial charge >= 0.3 is 0 Å². The smallest absolute Gasteiger partial charge is 0.0974 e. The Balaban J connectivity index is 1.59. The number of ether oxygens (including phenoxy) is 1. The van der Waals surface area contributed by atoms with Crippen LogP contribution in [-0.2, 0) is 4.74 Å². The molecule has 3 aromatic rings. The summed E-state index contributed by atoms with van der Waals surface area (Å²) in [4.78, 5) is 12.7. The van der Waals surface area contributed by atoms with Crippen molar-refractivity contribution in [3.05, 3.63) is 76.9 Å². The summed E-state index contributed by atoms with van der Waals surface area (Å²) in [5.41, 5.74) is 7.86. The van der Waals surface area contributed by atoms with Gasteiger partial charge in [-0.3, -0.25) is 9.89 Å². The molecule has 0 bridgehead atoms. The summed E-state index contributed by atoms with van der Waals surface area (Å²) in [6, 6.07) is 19.3. The Hall–Kier alpha value is -2.82. The van der Waals surface area contributed by atoms with Gasteiger partial charge in [0.25, 0.3) is 0 Å². The summed E-state index contributed by atoms with van der Waals surface area (Å²) in [5, 5.41) is 2.52. The monoisotopic (exact) mass is 397 g/mol. The number of benzene rings is 3. The molecule has 0 atom stereocenters. The molecule has 0 radical (unpaired) electrons. The Kier molecular flexibility index (Phi) is 5.19. The molecule has 0 amide bonds. The highest BCUT2D eigenvalue weighted by Gasteiger charge is 2.27. The van der Waals surface area contributed by atoms with Crippen LogP contribution in [0.5, 0.6) is 0 Å². The van der Waals surface area contributed by atoms with Gasteiger partial charge in [-0.15, -0.1) is 0 Å². The number of rotatable bonds is 4. The minimum atomic E-state index is 0.769. The minimum absolute atomic E-state index is 0.769. The van der Waals surface area contributed by atoms with Gasteiger partial charge in [0.15, 0.2) is 0 Å². The molecule has 0 saturated carbocycles. The van der Waals surface area contributed by atoms with E-state index in [4.69, 9.17) is 14.7 Å². The van der Waals surface area contributed by atoms with Crippen LogP contribution in [0, 0.1) is 13.8 Å². The second-order valence-corrected chi connectivity index (χ2v) is 8.09. The standard InChI is InChI=1S/C26H27N3O/c1-18-6-3-7-19(2)24(18)28-26-22-11-5-9-20-8-4-10-21(23(20)22)25(26)27-12-13-29-14-16-30-17-15-29/h3-11H,12-17H2,1-2H3. The van der Waals surface area contributed by atoms with E-state index in [1.165, 1.54) is 33.0 Å². The number of nitrogens with zero attached hydrogens (tertiary/aromatic N) is 3. The zero-order chi connectivity index (χ0) is 20.5. The molecular weight excluding hydrogens is 370 g/mol. The van der Waals surface area contributed by atoms with Crippen molar-refractivity contribution in [2.45, 2.75) is 13.8 Å². The number of hydrogen-bond acceptors (Lipinski definition) is 4. The van der Waals surface area contributed by atoms with E-state index in [9.17, 15) is 0 Å². The second kappa shape index (κ2) is 8.13. The molecule has 3 aromatic carbocycles. The van der Waals surface area contributed by atoms with E-state index in [0.717, 1.165) is 56.5 Å². The van der Waals surface area contributed by atoms with Crippen molar-refractivity contribution in [1.82, 2.24) is 4.90 Å². The van der Waals surface area contributed by atoms with E-state index in [1.54, 1.807) is 0 Å². The van der Waals surface area contributed by atoms with Gasteiger partial charge in [0.2, 0.25) is 0 Å². The first kappa shape index (κ1) is 19.2. The summed E-state index contributed by atoms with van der Waals surface area (Å²) in [6.07, 6.45) is 0. The molecule has 1 heterocycles. The fourth-order valence-electron chi connectivity index (χ4n) is 4.49. The normalized spacial score (nSPS) is 19.3. The topological polar surface area (TPSA) is 37.2 Å². The van der Waals surface area contributed by atoms with Crippen molar-refractivity contribution in [3.63, 3.8) is 0 Å². The molecule has 0 aromatic heterocycles. The molecule has 2 aliphatic rings. The number of hydrogen-bond donors (Lipinski definition) is 0. The molecule has 4 nitrogen and oxygen atoms in total. The predicted octanol–water partition coefficient (Wildman–Crippen LogP) is 4.71. The van der Waals surface area contributed by atoms with E-state index in [-0.39, 0.29) is 0 Å². The highest BCUT2D eigenvalue weighted by Crippen LogP contribution is 2.34. The SMILES string of the molecule is Cc1cccc(C)c1N=C1C(=NCCN2CCOCC2)c2cccc3cccc1c23. The lowest BCUT2D eigenvalue weighted by atomic mass is 10.1. The Labute approximate surface area is 177 Å². The van der Waals surface area contributed by atoms with Crippen molar-refractivity contribution in [2.24, 2.45) is 9.98 Å². The van der Waals surface area contributed by atoms with E-state index in [0.29, 0.717) is 0 Å². The van der Waals surface area contributed by atoms with Gasteiger partial charge in [0.1, 0.15) is 0 Å². The molecule has 4 heteroatoms. The van der Waals surface area contributed by atoms with Gasteiger partial charge in [0.05, 0.1) is 36.9 Å². The van der Waals surface area contributed by atoms with Gasteiger partial charge in [-0.1, -0.05) is 54.6 Å². The first-order chi connectivity index (χ1) is 14.7. The lowest BCUT2D eigenvalue weighted by molar-refractivity contribution is 0.0394. The highest BCUT2D eigenvalue weighted by atomic mass is 16.5. The Bertz CT molecular complexity index is 1130. The van der Waals surface area contributed by atoms with Crippen LogP contribution in [0.3, 0.4) is 0 Å². The van der Waals surface area contributed by atoms with Gasteiger partial charge in [-0.05, 0) is 30.4 Å². The van der Waals surface area contributed by atoms with Crippen LogP contribution in [0.25, 0.3) is 10.8 Å². The maximum Gasteiger partial charge on any atom is 0.0974 e. The van der Waals surface area contributed by atoms with Crippen LogP contribution in [-0.4, -0.2) is 55.7 Å². The minimum Gasteiger partial charge on any atom is -0.379 e. The van der Waals surface area contributed by atoms with E-state index >= 15 is 0 Å². The van der Waals surface area contributed by atoms with Gasteiger partial charge in [-0.25, -0.2) is 4.99 Å². The van der Waals surface area contributed by atoms with Gasteiger partial charge in [-0.2, -0.15) is 0 Å². The van der Waals surface area contributed by atoms with E-state index < -0.39 is 0 Å². The first-order valence-corrected chi connectivity index (χ1v) is 10.7. The maximum atomic E-state index is 5.47. The molecule has 0 spiro atoms. The van der Waals surface area contributed by atoms with Crippen molar-refractivity contribution < 1.29 is 4.74 Å². The Morgan fingerprint density at radius 1 is 0.833 bits per heavy atom. The summed E-state index contributed by atoms with van der Waals surface area (Å²) < 4.78 is 5.47. The van der Waals surface area contributed by atoms with Crippen molar-refractivity contribution in [1.29, 1.82) is 0 Å². The third-order valence-corrected chi connectivity index (χ3v) is 6.09. The summed E-state index contributed by atoms with van der Waals surface area (Å²) in [6.45, 7) is 9.60. The number of aliphatic imine (C=N–C) groups is 2. The largest absolute Gasteiger partial charge is 0.379 e. The zero-order valence-corrected chi connectivity index (χ0v) is 17.7. The van der Waals surface area contributed by atoms with Gasteiger partial charge < -0.3 is 4.74 Å². The molecule has 0 unspecified atom stereocenters. The lowest BCUT2D eigenvalue weighted by Gasteiger charge is -2.25. The average molecular weight is 398 g/mol. The molecule has 152 valence electrons. The molecule has 0 N–H and O–H groups in total. The van der Waals surface area contributed by atoms with Gasteiger partial charge in [0, 0.05) is 36.1 Å². The molecular formula is C26H27N3O. The number of morpholine rings is 1. The van der Waals surface area contributed by atoms with Crippen molar-refractivity contribution in [3.8, 4) is 0 Å². The number of para-hydroxylation sites is 1. The van der Waals surface area contributed by atoms with Crippen LogP contribution in [0.2, 0.25) is 0 Å². The molecule has 1 fully saturated rings. The highest BCUT2D eigenvalue weighted by molar-refractivity contribution is 6.61. The van der Waals surface area contributed by atoms with Crippen molar-refractivity contribution >= 4 is 27.9 Å². The van der Waals surface area contributed by atoms with Crippen LogP contribution >= 0.6 is 0 Å². The molecule has 30 heavy (non-hydrogen) atoms. The van der Waals surface area contributed by atoms with Crippen LogP contribution in [0.15, 0.2) is 64.6 Å². The Morgan fingerprint density at radius 2 is 1.47 bits per heavy atom. The van der Waals surface area contributed by atoms with Crippen LogP contribution in [0.1, 0.15) is 22.3 Å². The van der Waals surface area contributed by atoms with Crippen LogP contribution in [0.4, 0.5) is 5.69 Å².